The number of nitrogens with one attached hydrogen (secondary N) is 1. The molecule has 3 rings (SSSR count). The van der Waals surface area contributed by atoms with Gasteiger partial charge in [-0.25, -0.2) is 0 Å². The number of carbonyl (C=O) groups is 2. The van der Waals surface area contributed by atoms with Crippen LogP contribution >= 0.6 is 23.4 Å². The van der Waals surface area contributed by atoms with Crippen molar-refractivity contribution in [2.45, 2.75) is 43.0 Å². The summed E-state index contributed by atoms with van der Waals surface area (Å²) in [6.07, 6.45) is 2.99. The molecule has 1 saturated carbocycles. The first kappa shape index (κ1) is 15.7. The SMILES string of the molecule is O=C(CC1(C(=O)O)CCC1)NC1CCSc2ccc(Cl)cc21. The van der Waals surface area contributed by atoms with Gasteiger partial charge in [0, 0.05) is 22.1 Å². The molecule has 6 heteroatoms. The van der Waals surface area contributed by atoms with Gasteiger partial charge < -0.3 is 10.4 Å². The number of carboxylic acid groups (broad SMARTS) is 1. The van der Waals surface area contributed by atoms with Crippen LogP contribution in [0.3, 0.4) is 0 Å². The van der Waals surface area contributed by atoms with Gasteiger partial charge in [0.2, 0.25) is 5.91 Å². The van der Waals surface area contributed by atoms with E-state index in [0.717, 1.165) is 29.1 Å². The van der Waals surface area contributed by atoms with Gasteiger partial charge in [-0.3, -0.25) is 9.59 Å². The number of fused-ring (bicyclic) bond motifs is 1. The molecule has 1 atom stereocenters. The number of carboxylic acids is 1. The third kappa shape index (κ3) is 2.97. The van der Waals surface area contributed by atoms with Gasteiger partial charge in [0.15, 0.2) is 0 Å². The summed E-state index contributed by atoms with van der Waals surface area (Å²) in [4.78, 5) is 24.8. The molecule has 2 N–H and O–H groups in total. The molecule has 0 spiro atoms. The Morgan fingerprint density at radius 2 is 2.18 bits per heavy atom. The van der Waals surface area contributed by atoms with E-state index in [1.807, 2.05) is 18.2 Å². The molecule has 1 aliphatic carbocycles. The number of aliphatic carboxylic acids is 1. The predicted molar refractivity (Wildman–Crippen MR) is 86.2 cm³/mol. The molecule has 1 unspecified atom stereocenters. The molecule has 2 aliphatic rings. The van der Waals surface area contributed by atoms with Gasteiger partial charge in [-0.15, -0.1) is 11.8 Å². The summed E-state index contributed by atoms with van der Waals surface area (Å²) >= 11 is 7.82. The fourth-order valence-corrected chi connectivity index (χ4v) is 4.42. The van der Waals surface area contributed by atoms with Crippen LogP contribution < -0.4 is 5.32 Å². The number of hydrogen-bond donors (Lipinski definition) is 2. The molecular formula is C16H18ClNO3S. The number of thioether (sulfide) groups is 1. The maximum absolute atomic E-state index is 12.3. The van der Waals surface area contributed by atoms with Gasteiger partial charge in [-0.2, -0.15) is 0 Å². The van der Waals surface area contributed by atoms with Crippen LogP contribution in [0.1, 0.15) is 43.7 Å². The van der Waals surface area contributed by atoms with Crippen molar-refractivity contribution < 1.29 is 14.7 Å². The average molecular weight is 340 g/mol. The zero-order valence-electron chi connectivity index (χ0n) is 12.1. The Balaban J connectivity index is 1.70. The fourth-order valence-electron chi connectivity index (χ4n) is 3.14. The molecule has 0 saturated heterocycles. The second kappa shape index (κ2) is 6.13. The molecule has 0 bridgehead atoms. The van der Waals surface area contributed by atoms with E-state index in [9.17, 15) is 14.7 Å². The second-order valence-electron chi connectivity index (χ2n) is 6.06. The maximum atomic E-state index is 12.3. The third-order valence-corrected chi connectivity index (χ3v) is 5.97. The summed E-state index contributed by atoms with van der Waals surface area (Å²) in [5.41, 5.74) is 0.195. The highest BCUT2D eigenvalue weighted by atomic mass is 35.5. The van der Waals surface area contributed by atoms with E-state index in [0.29, 0.717) is 17.9 Å². The van der Waals surface area contributed by atoms with E-state index in [2.05, 4.69) is 5.32 Å². The van der Waals surface area contributed by atoms with E-state index in [4.69, 9.17) is 11.6 Å². The first-order valence-electron chi connectivity index (χ1n) is 7.45. The Morgan fingerprint density at radius 3 is 2.82 bits per heavy atom. The minimum absolute atomic E-state index is 0.0713. The van der Waals surface area contributed by atoms with Crippen molar-refractivity contribution in [1.82, 2.24) is 5.32 Å². The van der Waals surface area contributed by atoms with E-state index in [1.165, 1.54) is 0 Å². The van der Waals surface area contributed by atoms with E-state index in [-0.39, 0.29) is 18.4 Å². The van der Waals surface area contributed by atoms with Crippen molar-refractivity contribution >= 4 is 35.2 Å². The summed E-state index contributed by atoms with van der Waals surface area (Å²) in [5.74, 6) is -0.0922. The minimum Gasteiger partial charge on any atom is -0.481 e. The van der Waals surface area contributed by atoms with E-state index >= 15 is 0 Å². The highest BCUT2D eigenvalue weighted by molar-refractivity contribution is 7.99. The first-order valence-corrected chi connectivity index (χ1v) is 8.82. The molecule has 1 heterocycles. The number of rotatable bonds is 4. The van der Waals surface area contributed by atoms with Gasteiger partial charge in [0.05, 0.1) is 11.5 Å². The molecule has 1 aromatic rings. The van der Waals surface area contributed by atoms with Crippen LogP contribution in [-0.4, -0.2) is 22.7 Å². The zero-order valence-corrected chi connectivity index (χ0v) is 13.7. The van der Waals surface area contributed by atoms with Gasteiger partial charge in [0.1, 0.15) is 0 Å². The smallest absolute Gasteiger partial charge is 0.310 e. The lowest BCUT2D eigenvalue weighted by Crippen LogP contribution is -2.43. The average Bonchev–Trinajstić information content (AvgIpc) is 2.43. The van der Waals surface area contributed by atoms with Crippen molar-refractivity contribution in [2.75, 3.05) is 5.75 Å². The molecule has 22 heavy (non-hydrogen) atoms. The van der Waals surface area contributed by atoms with Crippen LogP contribution in [0.4, 0.5) is 0 Å². The van der Waals surface area contributed by atoms with Gasteiger partial charge in [-0.05, 0) is 43.0 Å². The number of halogens is 1. The normalized spacial score (nSPS) is 22.3. The van der Waals surface area contributed by atoms with Crippen molar-refractivity contribution in [3.63, 3.8) is 0 Å². The highest BCUT2D eigenvalue weighted by Crippen LogP contribution is 2.44. The van der Waals surface area contributed by atoms with Crippen molar-refractivity contribution in [3.8, 4) is 0 Å². The summed E-state index contributed by atoms with van der Waals surface area (Å²) in [7, 11) is 0. The van der Waals surface area contributed by atoms with Crippen LogP contribution in [-0.2, 0) is 9.59 Å². The molecule has 0 aromatic heterocycles. The predicted octanol–water partition coefficient (Wildman–Crippen LogP) is 3.64. The Hall–Kier alpha value is -1.20. The van der Waals surface area contributed by atoms with Crippen LogP contribution in [0.5, 0.6) is 0 Å². The Morgan fingerprint density at radius 1 is 1.41 bits per heavy atom. The summed E-state index contributed by atoms with van der Waals surface area (Å²) < 4.78 is 0. The fraction of sp³-hybridized carbons (Fsp3) is 0.500. The number of hydrogen-bond acceptors (Lipinski definition) is 3. The van der Waals surface area contributed by atoms with Gasteiger partial charge >= 0.3 is 5.97 Å². The minimum atomic E-state index is -0.850. The van der Waals surface area contributed by atoms with Crippen LogP contribution in [0.15, 0.2) is 23.1 Å². The molecular weight excluding hydrogens is 322 g/mol. The number of carbonyl (C=O) groups excluding carboxylic acids is 1. The lowest BCUT2D eigenvalue weighted by Gasteiger charge is -2.37. The molecule has 1 aromatic carbocycles. The van der Waals surface area contributed by atoms with Crippen LogP contribution in [0, 0.1) is 5.41 Å². The lowest BCUT2D eigenvalue weighted by atomic mass is 9.66. The molecule has 0 radical (unpaired) electrons. The molecule has 1 amide bonds. The lowest BCUT2D eigenvalue weighted by molar-refractivity contribution is -0.157. The zero-order chi connectivity index (χ0) is 15.7. The molecule has 118 valence electrons. The quantitative estimate of drug-likeness (QED) is 0.879. The number of benzene rings is 1. The maximum Gasteiger partial charge on any atom is 0.310 e. The van der Waals surface area contributed by atoms with Crippen molar-refractivity contribution in [1.29, 1.82) is 0 Å². The second-order valence-corrected chi connectivity index (χ2v) is 7.63. The van der Waals surface area contributed by atoms with Crippen LogP contribution in [0.25, 0.3) is 0 Å². The monoisotopic (exact) mass is 339 g/mol. The standard InChI is InChI=1S/C16H18ClNO3S/c17-10-2-3-13-11(8-10)12(4-7-22-13)18-14(19)9-16(15(20)21)5-1-6-16/h2-3,8,12H,1,4-7,9H2,(H,18,19)(H,20,21). The molecule has 4 nitrogen and oxygen atoms in total. The Labute approximate surface area is 138 Å². The van der Waals surface area contributed by atoms with Crippen molar-refractivity contribution in [2.24, 2.45) is 5.41 Å². The summed E-state index contributed by atoms with van der Waals surface area (Å²) in [6, 6.07) is 5.65. The first-order chi connectivity index (χ1) is 10.5. The number of amides is 1. The van der Waals surface area contributed by atoms with Gasteiger partial charge in [-0.1, -0.05) is 18.0 Å². The molecule has 1 fully saturated rings. The highest BCUT2D eigenvalue weighted by Gasteiger charge is 2.46. The topological polar surface area (TPSA) is 66.4 Å². The third-order valence-electron chi connectivity index (χ3n) is 4.61. The Bertz CT molecular complexity index is 615. The van der Waals surface area contributed by atoms with E-state index < -0.39 is 11.4 Å². The largest absolute Gasteiger partial charge is 0.481 e. The van der Waals surface area contributed by atoms with Gasteiger partial charge in [0.25, 0.3) is 0 Å². The van der Waals surface area contributed by atoms with Crippen molar-refractivity contribution in [3.05, 3.63) is 28.8 Å². The van der Waals surface area contributed by atoms with Crippen LogP contribution in [0.2, 0.25) is 5.02 Å². The molecule has 1 aliphatic heterocycles. The summed E-state index contributed by atoms with van der Waals surface area (Å²) in [6.45, 7) is 0. The van der Waals surface area contributed by atoms with E-state index in [1.54, 1.807) is 11.8 Å². The summed E-state index contributed by atoms with van der Waals surface area (Å²) in [5, 5.41) is 13.0. The Kier molecular flexibility index (Phi) is 4.37.